The van der Waals surface area contributed by atoms with E-state index in [0.717, 1.165) is 29.5 Å². The molecule has 0 aromatic heterocycles. The Morgan fingerprint density at radius 3 is 1.84 bits per heavy atom. The minimum Gasteiger partial charge on any atom is -0.507 e. The van der Waals surface area contributed by atoms with Crippen LogP contribution in [0.25, 0.3) is 0 Å². The monoisotopic (exact) mass is 687 g/mol. The maximum atomic E-state index is 14.7. The van der Waals surface area contributed by atoms with Crippen LogP contribution in [0.2, 0.25) is 0 Å². The van der Waals surface area contributed by atoms with Crippen molar-refractivity contribution < 1.29 is 24.2 Å². The highest BCUT2D eigenvalue weighted by Crippen LogP contribution is 2.45. The number of carbonyl (C=O) groups is 2. The quantitative estimate of drug-likeness (QED) is 0.149. The molecule has 0 radical (unpaired) electrons. The van der Waals surface area contributed by atoms with Gasteiger partial charge in [0.1, 0.15) is 18.0 Å². The minimum atomic E-state index is -1.14. The molecule has 2 N–H and O–H groups in total. The number of phenolic OH excluding ortho intramolecular Hbond substituents is 1. The molecule has 49 heavy (non-hydrogen) atoms. The number of rotatable bonds is 14. The molecular weight excluding hydrogens is 612 g/mol. The van der Waals surface area contributed by atoms with E-state index in [4.69, 9.17) is 9.47 Å². The number of carbonyl (C=O) groups excluding carboxylic acids is 2. The Balaban J connectivity index is 2.80. The average Bonchev–Trinajstić information content (AvgIpc) is 2.91. The highest BCUT2D eigenvalue weighted by atomic mass is 16.6. The zero-order chi connectivity index (χ0) is 37.9. The number of hydrogen-bond acceptors (Lipinski definition) is 7. The molecule has 3 atom stereocenters. The molecule has 7 nitrogen and oxygen atoms in total. The van der Waals surface area contributed by atoms with E-state index in [1.54, 1.807) is 0 Å². The van der Waals surface area contributed by atoms with Crippen LogP contribution in [0.1, 0.15) is 171 Å². The largest absolute Gasteiger partial charge is 0.507 e. The van der Waals surface area contributed by atoms with E-state index in [1.807, 2.05) is 19.2 Å². The number of unbranched alkanes of at least 4 members (excludes halogenated alkanes) is 1. The second-order valence-electron chi connectivity index (χ2n) is 19.4. The Hall–Kier alpha value is -2.12. The Morgan fingerprint density at radius 2 is 1.43 bits per heavy atom. The topological polar surface area (TPSA) is 88.1 Å². The SMILES string of the molecule is CCCCC(c1cc(C(C)(C)C)c(O)c(C(C)(C)C)c1)C(C(=O)OC(CC(C)C)CC(C)(C)NC)C(=O)OC1CC(C)(C)N(C)C(C)(C)C1. The summed E-state index contributed by atoms with van der Waals surface area (Å²) in [4.78, 5) is 31.8. The molecule has 1 aliphatic heterocycles. The maximum absolute atomic E-state index is 14.7. The number of ether oxygens (including phenoxy) is 2. The van der Waals surface area contributed by atoms with E-state index < -0.39 is 23.8 Å². The normalized spacial score (nSPS) is 19.4. The number of nitrogens with zero attached hydrogens (tertiary/aromatic N) is 1. The van der Waals surface area contributed by atoms with E-state index in [-0.39, 0.29) is 45.4 Å². The third kappa shape index (κ3) is 11.4. The number of esters is 2. The predicted octanol–water partition coefficient (Wildman–Crippen LogP) is 9.42. The minimum absolute atomic E-state index is 0.189. The molecular formula is C42H74N2O5. The van der Waals surface area contributed by atoms with E-state index in [1.165, 1.54) is 0 Å². The molecule has 1 saturated heterocycles. The number of hydrogen-bond donors (Lipinski definition) is 2. The van der Waals surface area contributed by atoms with Crippen LogP contribution in [0.4, 0.5) is 0 Å². The first-order valence-corrected chi connectivity index (χ1v) is 18.9. The van der Waals surface area contributed by atoms with Crippen molar-refractivity contribution in [1.82, 2.24) is 10.2 Å². The molecule has 1 aliphatic rings. The Bertz CT molecular complexity index is 1190. The van der Waals surface area contributed by atoms with Crippen LogP contribution in [-0.4, -0.2) is 64.9 Å². The molecule has 0 aliphatic carbocycles. The van der Waals surface area contributed by atoms with Gasteiger partial charge in [0, 0.05) is 41.8 Å². The van der Waals surface area contributed by atoms with Crippen molar-refractivity contribution in [2.75, 3.05) is 14.1 Å². The molecule has 0 bridgehead atoms. The second-order valence-corrected chi connectivity index (χ2v) is 19.4. The standard InChI is InChI=1S/C42H74N2O5/c1-18-19-20-31(28-22-32(38(4,5)6)35(45)33(23-28)39(7,8)9)34(36(46)48-29(21-27(2)3)24-40(10,11)43-16)37(47)49-30-25-41(12,13)44(17)42(14,15)26-30/h22-23,27,29-31,34,43,45H,18-21,24-26H2,1-17H3. The number of likely N-dealkylation sites (tertiary alicyclic amines) is 1. The van der Waals surface area contributed by atoms with Crippen molar-refractivity contribution in [2.24, 2.45) is 11.8 Å². The van der Waals surface area contributed by atoms with E-state index in [2.05, 4.69) is 121 Å². The molecule has 0 amide bonds. The van der Waals surface area contributed by atoms with E-state index in [9.17, 15) is 14.7 Å². The lowest BCUT2D eigenvalue weighted by molar-refractivity contribution is -0.175. The van der Waals surface area contributed by atoms with Gasteiger partial charge in [0.05, 0.1) is 0 Å². The summed E-state index contributed by atoms with van der Waals surface area (Å²) in [5, 5.41) is 14.9. The van der Waals surface area contributed by atoms with Gasteiger partial charge < -0.3 is 19.9 Å². The van der Waals surface area contributed by atoms with Gasteiger partial charge in [-0.05, 0) is 102 Å². The number of piperidine rings is 1. The molecule has 282 valence electrons. The van der Waals surface area contributed by atoms with Gasteiger partial charge in [0.15, 0.2) is 5.92 Å². The van der Waals surface area contributed by atoms with Gasteiger partial charge in [-0.25, -0.2) is 0 Å². The fourth-order valence-corrected chi connectivity index (χ4v) is 7.60. The third-order valence-electron chi connectivity index (χ3n) is 10.9. The zero-order valence-electron chi connectivity index (χ0n) is 34.5. The fourth-order valence-electron chi connectivity index (χ4n) is 7.60. The van der Waals surface area contributed by atoms with Crippen LogP contribution in [0.5, 0.6) is 5.75 Å². The van der Waals surface area contributed by atoms with Crippen LogP contribution in [0, 0.1) is 11.8 Å². The summed E-state index contributed by atoms with van der Waals surface area (Å²) < 4.78 is 12.9. The Kier molecular flexibility index (Phi) is 14.1. The first-order valence-electron chi connectivity index (χ1n) is 18.9. The smallest absolute Gasteiger partial charge is 0.321 e. The van der Waals surface area contributed by atoms with Crippen LogP contribution < -0.4 is 5.32 Å². The van der Waals surface area contributed by atoms with Crippen molar-refractivity contribution in [1.29, 1.82) is 0 Å². The van der Waals surface area contributed by atoms with Crippen LogP contribution in [0.15, 0.2) is 12.1 Å². The van der Waals surface area contributed by atoms with Gasteiger partial charge in [-0.3, -0.25) is 14.5 Å². The lowest BCUT2D eigenvalue weighted by Gasteiger charge is -2.53. The van der Waals surface area contributed by atoms with Crippen LogP contribution in [0.3, 0.4) is 0 Å². The molecule has 7 heteroatoms. The maximum Gasteiger partial charge on any atom is 0.321 e. The third-order valence-corrected chi connectivity index (χ3v) is 10.9. The first kappa shape index (κ1) is 43.0. The van der Waals surface area contributed by atoms with Crippen molar-refractivity contribution >= 4 is 11.9 Å². The van der Waals surface area contributed by atoms with Crippen molar-refractivity contribution in [3.05, 3.63) is 28.8 Å². The Labute approximate surface area is 300 Å². The van der Waals surface area contributed by atoms with Gasteiger partial charge in [0.25, 0.3) is 0 Å². The second kappa shape index (κ2) is 16.0. The summed E-state index contributed by atoms with van der Waals surface area (Å²) in [6, 6.07) is 4.05. The Morgan fingerprint density at radius 1 is 0.939 bits per heavy atom. The van der Waals surface area contributed by atoms with Gasteiger partial charge in [-0.15, -0.1) is 0 Å². The zero-order valence-corrected chi connectivity index (χ0v) is 34.5. The number of aromatic hydroxyl groups is 1. The van der Waals surface area contributed by atoms with Gasteiger partial charge >= 0.3 is 11.9 Å². The lowest BCUT2D eigenvalue weighted by atomic mass is 9.74. The fraction of sp³-hybridized carbons (Fsp3) is 0.810. The number of phenols is 1. The molecule has 0 spiro atoms. The first-order chi connectivity index (χ1) is 22.2. The molecule has 3 unspecified atom stereocenters. The van der Waals surface area contributed by atoms with Gasteiger partial charge in [-0.1, -0.05) is 87.3 Å². The number of nitrogens with one attached hydrogen (secondary N) is 1. The highest BCUT2D eigenvalue weighted by Gasteiger charge is 2.47. The molecule has 1 aromatic rings. The number of benzene rings is 1. The van der Waals surface area contributed by atoms with Crippen molar-refractivity contribution in [3.8, 4) is 5.75 Å². The molecule has 1 aromatic carbocycles. The summed E-state index contributed by atoms with van der Waals surface area (Å²) in [6.07, 6.45) is 4.31. The summed E-state index contributed by atoms with van der Waals surface area (Å²) >= 11 is 0. The average molecular weight is 687 g/mol. The van der Waals surface area contributed by atoms with Crippen molar-refractivity contribution in [3.63, 3.8) is 0 Å². The summed E-state index contributed by atoms with van der Waals surface area (Å²) in [7, 11) is 4.05. The van der Waals surface area contributed by atoms with E-state index >= 15 is 0 Å². The van der Waals surface area contributed by atoms with Crippen LogP contribution in [-0.2, 0) is 29.9 Å². The predicted molar refractivity (Wildman–Crippen MR) is 203 cm³/mol. The van der Waals surface area contributed by atoms with Crippen LogP contribution >= 0.6 is 0 Å². The molecule has 0 saturated carbocycles. The molecule has 1 heterocycles. The summed E-state index contributed by atoms with van der Waals surface area (Å²) in [6.45, 7) is 31.8. The van der Waals surface area contributed by atoms with Gasteiger partial charge in [0.2, 0.25) is 0 Å². The highest BCUT2D eigenvalue weighted by molar-refractivity contribution is 5.96. The van der Waals surface area contributed by atoms with Gasteiger partial charge in [-0.2, -0.15) is 0 Å². The summed E-state index contributed by atoms with van der Waals surface area (Å²) in [5.41, 5.74) is 1.13. The van der Waals surface area contributed by atoms with E-state index in [0.29, 0.717) is 38.0 Å². The molecule has 2 rings (SSSR count). The molecule has 1 fully saturated rings. The van der Waals surface area contributed by atoms with Crippen molar-refractivity contribution in [2.45, 2.75) is 194 Å². The summed E-state index contributed by atoms with van der Waals surface area (Å²) in [5.74, 6) is -2.07. The lowest BCUT2D eigenvalue weighted by Crippen LogP contribution is -2.60.